The van der Waals surface area contributed by atoms with Crippen LogP contribution in [0.2, 0.25) is 0 Å². The highest BCUT2D eigenvalue weighted by molar-refractivity contribution is 6.03. The highest BCUT2D eigenvalue weighted by atomic mass is 16.7. The number of likely N-dealkylation sites (tertiary alicyclic amines) is 1. The second-order valence-corrected chi connectivity index (χ2v) is 7.54. The van der Waals surface area contributed by atoms with Crippen LogP contribution in [0, 0.1) is 5.92 Å². The predicted molar refractivity (Wildman–Crippen MR) is 86.8 cm³/mol. The molecule has 3 saturated heterocycles. The van der Waals surface area contributed by atoms with Crippen LogP contribution in [0.1, 0.15) is 33.1 Å². The third kappa shape index (κ3) is 2.55. The van der Waals surface area contributed by atoms with E-state index < -0.39 is 0 Å². The van der Waals surface area contributed by atoms with Crippen LogP contribution in [0.3, 0.4) is 0 Å². The van der Waals surface area contributed by atoms with Gasteiger partial charge in [0.1, 0.15) is 19.0 Å². The van der Waals surface area contributed by atoms with Gasteiger partial charge in [-0.05, 0) is 69.8 Å². The van der Waals surface area contributed by atoms with E-state index >= 15 is 0 Å². The molecule has 0 aromatic rings. The Bertz CT molecular complexity index is 561. The molecular formula is C18H26N2O3. The third-order valence-corrected chi connectivity index (χ3v) is 5.83. The lowest BCUT2D eigenvalue weighted by molar-refractivity contribution is -0.128. The number of nitrogens with one attached hydrogen (secondary N) is 1. The maximum absolute atomic E-state index is 12.9. The van der Waals surface area contributed by atoms with E-state index in [1.54, 1.807) is 0 Å². The number of fused-ring (bicyclic) bond motifs is 2. The second-order valence-electron chi connectivity index (χ2n) is 7.54. The molecule has 1 aliphatic carbocycles. The van der Waals surface area contributed by atoms with E-state index in [-0.39, 0.29) is 23.7 Å². The SMILES string of the molecule is CC1(C)C2=CC3OCOC3C=C2C(=O)N1CCC1CCNCC1. The van der Waals surface area contributed by atoms with Crippen LogP contribution in [-0.4, -0.2) is 55.0 Å². The highest BCUT2D eigenvalue weighted by Gasteiger charge is 2.49. The van der Waals surface area contributed by atoms with Crippen molar-refractivity contribution in [1.29, 1.82) is 0 Å². The monoisotopic (exact) mass is 318 g/mol. The van der Waals surface area contributed by atoms with Crippen molar-refractivity contribution in [3.8, 4) is 0 Å². The number of piperidine rings is 1. The van der Waals surface area contributed by atoms with Crippen molar-refractivity contribution in [1.82, 2.24) is 10.2 Å². The fourth-order valence-electron chi connectivity index (χ4n) is 4.31. The van der Waals surface area contributed by atoms with E-state index in [4.69, 9.17) is 9.47 Å². The van der Waals surface area contributed by atoms with Gasteiger partial charge in [-0.3, -0.25) is 4.79 Å². The number of hydrogen-bond acceptors (Lipinski definition) is 4. The molecule has 3 heterocycles. The average molecular weight is 318 g/mol. The first-order valence-corrected chi connectivity index (χ1v) is 8.78. The smallest absolute Gasteiger partial charge is 0.254 e. The topological polar surface area (TPSA) is 50.8 Å². The molecule has 3 fully saturated rings. The van der Waals surface area contributed by atoms with Gasteiger partial charge in [0.05, 0.1) is 5.54 Å². The van der Waals surface area contributed by atoms with Crippen LogP contribution in [0.25, 0.3) is 0 Å². The molecule has 4 aliphatic rings. The Morgan fingerprint density at radius 3 is 2.65 bits per heavy atom. The number of carbonyl (C=O) groups excluding carboxylic acids is 1. The minimum Gasteiger partial charge on any atom is -0.345 e. The Labute approximate surface area is 137 Å². The molecule has 23 heavy (non-hydrogen) atoms. The Hall–Kier alpha value is -1.17. The molecule has 0 saturated carbocycles. The summed E-state index contributed by atoms with van der Waals surface area (Å²) in [5.41, 5.74) is 1.68. The minimum atomic E-state index is -0.257. The van der Waals surface area contributed by atoms with Gasteiger partial charge in [-0.15, -0.1) is 0 Å². The molecule has 2 unspecified atom stereocenters. The Morgan fingerprint density at radius 2 is 1.91 bits per heavy atom. The van der Waals surface area contributed by atoms with E-state index in [9.17, 15) is 4.79 Å². The van der Waals surface area contributed by atoms with Crippen LogP contribution in [0.15, 0.2) is 23.3 Å². The summed E-state index contributed by atoms with van der Waals surface area (Å²) in [6, 6.07) is 0. The first-order valence-electron chi connectivity index (χ1n) is 8.78. The number of carbonyl (C=O) groups is 1. The quantitative estimate of drug-likeness (QED) is 0.859. The van der Waals surface area contributed by atoms with Gasteiger partial charge >= 0.3 is 0 Å². The summed E-state index contributed by atoms with van der Waals surface area (Å²) < 4.78 is 11.2. The van der Waals surface area contributed by atoms with E-state index in [2.05, 4.69) is 25.2 Å². The van der Waals surface area contributed by atoms with Crippen LogP contribution in [-0.2, 0) is 14.3 Å². The largest absolute Gasteiger partial charge is 0.345 e. The molecule has 3 aliphatic heterocycles. The van der Waals surface area contributed by atoms with Crippen molar-refractivity contribution in [2.24, 2.45) is 5.92 Å². The van der Waals surface area contributed by atoms with E-state index in [0.29, 0.717) is 6.79 Å². The maximum atomic E-state index is 12.9. The molecule has 126 valence electrons. The number of rotatable bonds is 3. The maximum Gasteiger partial charge on any atom is 0.254 e. The summed E-state index contributed by atoms with van der Waals surface area (Å²) in [5, 5.41) is 3.40. The van der Waals surface area contributed by atoms with Gasteiger partial charge < -0.3 is 19.7 Å². The Morgan fingerprint density at radius 1 is 1.22 bits per heavy atom. The molecule has 1 N–H and O–H groups in total. The van der Waals surface area contributed by atoms with Crippen LogP contribution in [0.4, 0.5) is 0 Å². The molecule has 0 aromatic carbocycles. The molecule has 2 atom stereocenters. The Kier molecular flexibility index (Phi) is 3.82. The molecule has 0 bridgehead atoms. The van der Waals surface area contributed by atoms with Crippen LogP contribution in [0.5, 0.6) is 0 Å². The van der Waals surface area contributed by atoms with Gasteiger partial charge in [0.15, 0.2) is 0 Å². The first kappa shape index (κ1) is 15.4. The van der Waals surface area contributed by atoms with Crippen LogP contribution < -0.4 is 5.32 Å². The van der Waals surface area contributed by atoms with Gasteiger partial charge in [-0.2, -0.15) is 0 Å². The summed E-state index contributed by atoms with van der Waals surface area (Å²) in [7, 11) is 0. The zero-order valence-electron chi connectivity index (χ0n) is 14.0. The summed E-state index contributed by atoms with van der Waals surface area (Å²) in [6.07, 6.45) is 7.48. The van der Waals surface area contributed by atoms with Crippen molar-refractivity contribution in [3.63, 3.8) is 0 Å². The van der Waals surface area contributed by atoms with E-state index in [1.807, 2.05) is 11.0 Å². The first-order chi connectivity index (χ1) is 11.1. The third-order valence-electron chi connectivity index (χ3n) is 5.83. The fourth-order valence-corrected chi connectivity index (χ4v) is 4.31. The predicted octanol–water partition coefficient (Wildman–Crippen LogP) is 1.60. The van der Waals surface area contributed by atoms with Gasteiger partial charge in [-0.25, -0.2) is 0 Å². The lowest BCUT2D eigenvalue weighted by atomic mass is 9.86. The van der Waals surface area contributed by atoms with Gasteiger partial charge in [-0.1, -0.05) is 0 Å². The highest BCUT2D eigenvalue weighted by Crippen LogP contribution is 2.43. The van der Waals surface area contributed by atoms with Crippen molar-refractivity contribution in [2.75, 3.05) is 26.4 Å². The van der Waals surface area contributed by atoms with Crippen molar-refractivity contribution >= 4 is 5.91 Å². The molecule has 0 radical (unpaired) electrons. The number of ether oxygens (including phenoxy) is 2. The summed E-state index contributed by atoms with van der Waals surface area (Å²) in [6.45, 7) is 7.66. The second kappa shape index (κ2) is 5.72. The normalized spacial score (nSPS) is 33.3. The fraction of sp³-hybridized carbons (Fsp3) is 0.722. The molecule has 0 aromatic heterocycles. The molecule has 1 amide bonds. The van der Waals surface area contributed by atoms with E-state index in [0.717, 1.165) is 43.1 Å². The van der Waals surface area contributed by atoms with Gasteiger partial charge in [0.2, 0.25) is 0 Å². The average Bonchev–Trinajstić information content (AvgIpc) is 3.07. The molecule has 5 nitrogen and oxygen atoms in total. The molecular weight excluding hydrogens is 292 g/mol. The summed E-state index contributed by atoms with van der Waals surface area (Å²) in [5.74, 6) is 0.889. The molecule has 4 rings (SSSR count). The zero-order valence-corrected chi connectivity index (χ0v) is 14.0. The lowest BCUT2D eigenvalue weighted by Gasteiger charge is -2.34. The van der Waals surface area contributed by atoms with E-state index in [1.165, 1.54) is 12.8 Å². The van der Waals surface area contributed by atoms with Crippen molar-refractivity contribution in [2.45, 2.75) is 50.9 Å². The summed E-state index contributed by atoms with van der Waals surface area (Å²) in [4.78, 5) is 15.0. The van der Waals surface area contributed by atoms with Gasteiger partial charge in [0.25, 0.3) is 5.91 Å². The number of amides is 1. The standard InChI is InChI=1S/C18H26N2O3/c1-18(2)14-10-16-15(22-11-23-16)9-13(14)17(21)20(18)8-5-12-3-6-19-7-4-12/h9-10,12,15-16,19H,3-8,11H2,1-2H3. The van der Waals surface area contributed by atoms with Gasteiger partial charge in [0, 0.05) is 12.1 Å². The molecule has 5 heteroatoms. The number of hydrogen-bond donors (Lipinski definition) is 1. The van der Waals surface area contributed by atoms with Crippen LogP contribution >= 0.6 is 0 Å². The van der Waals surface area contributed by atoms with Crippen molar-refractivity contribution in [3.05, 3.63) is 23.3 Å². The minimum absolute atomic E-state index is 0.0369. The van der Waals surface area contributed by atoms with Crippen molar-refractivity contribution < 1.29 is 14.3 Å². The summed E-state index contributed by atoms with van der Waals surface area (Å²) >= 11 is 0. The Balaban J connectivity index is 1.52. The number of nitrogens with zero attached hydrogens (tertiary/aromatic N) is 1. The lowest BCUT2D eigenvalue weighted by Crippen LogP contribution is -2.43. The zero-order chi connectivity index (χ0) is 16.0. The molecule has 0 spiro atoms.